The molecule has 2 atom stereocenters. The number of likely N-dealkylation sites (tertiary alicyclic amines) is 1. The number of pyridine rings is 2. The zero-order valence-electron chi connectivity index (χ0n) is 39.4. The average Bonchev–Trinajstić information content (AvgIpc) is 3.70. The Morgan fingerprint density at radius 3 is 2.48 bits per heavy atom. The number of aliphatic hydroxyl groups is 1. The number of benzene rings is 2. The number of nitro groups is 1. The lowest BCUT2D eigenvalue weighted by Gasteiger charge is -2.57. The smallest absolute Gasteiger partial charge is 0.312 e. The van der Waals surface area contributed by atoms with E-state index in [2.05, 4.69) is 66.0 Å². The molecule has 4 N–H and O–H groups in total. The molecule has 3 saturated carbocycles. The lowest BCUT2D eigenvalue weighted by Crippen LogP contribution is -2.63. The highest BCUT2D eigenvalue weighted by Gasteiger charge is 2.50. The van der Waals surface area contributed by atoms with Crippen molar-refractivity contribution < 1.29 is 37.1 Å². The Bertz CT molecular complexity index is 2880. The van der Waals surface area contributed by atoms with Crippen LogP contribution in [-0.2, 0) is 15.4 Å². The topological polar surface area (TPSA) is 205 Å². The number of H-pyrrole nitrogens is 1. The molecule has 3 aliphatic carbocycles. The van der Waals surface area contributed by atoms with E-state index >= 15 is 0 Å². The SMILES string of the molecule is CCOc1nc2[nH]cc(F)c2cc1Oc1cc(N2CCC3(CC2)CN([C@@H]2CCC[C@@H]2c2ccccc2C2(C)CC2)C3)ccc1C(=O)NS(=O)(=O)c1cnc(NCC2CCC(C)(O)CC2)c([N+](=O)[O-])c1. The number of aromatic nitrogens is 3. The monoisotopic (exact) mass is 964 g/mol. The summed E-state index contributed by atoms with van der Waals surface area (Å²) in [5.41, 5.74) is 3.12. The van der Waals surface area contributed by atoms with E-state index in [1.54, 1.807) is 37.1 Å². The first-order valence-electron chi connectivity index (χ1n) is 24.4. The third kappa shape index (κ3) is 9.46. The second-order valence-electron chi connectivity index (χ2n) is 20.7. The summed E-state index contributed by atoms with van der Waals surface area (Å²) in [7, 11) is -4.72. The van der Waals surface area contributed by atoms with Gasteiger partial charge in [-0.15, -0.1) is 0 Å². The lowest BCUT2D eigenvalue weighted by atomic mass is 9.70. The maximum absolute atomic E-state index is 14.9. The van der Waals surface area contributed by atoms with Crippen LogP contribution in [0.1, 0.15) is 119 Å². The maximum atomic E-state index is 14.9. The number of halogens is 1. The van der Waals surface area contributed by atoms with E-state index in [-0.39, 0.29) is 57.7 Å². The summed E-state index contributed by atoms with van der Waals surface area (Å²) < 4.78 is 56.8. The van der Waals surface area contributed by atoms with E-state index in [1.807, 2.05) is 0 Å². The first-order chi connectivity index (χ1) is 33.0. The van der Waals surface area contributed by atoms with Gasteiger partial charge in [0.15, 0.2) is 5.75 Å². The molecule has 0 unspecified atom stereocenters. The number of ether oxygens (including phenoxy) is 2. The quantitative estimate of drug-likeness (QED) is 0.0572. The normalized spacial score (nSPS) is 24.2. The molecule has 0 bridgehead atoms. The summed E-state index contributed by atoms with van der Waals surface area (Å²) in [4.78, 5) is 41.3. The molecule has 5 aliphatic rings. The van der Waals surface area contributed by atoms with Crippen molar-refractivity contribution >= 4 is 44.2 Å². The molecule has 1 amide bonds. The minimum absolute atomic E-state index is 0.00431. The van der Waals surface area contributed by atoms with Gasteiger partial charge in [-0.25, -0.2) is 22.5 Å². The highest BCUT2D eigenvalue weighted by atomic mass is 32.2. The predicted molar refractivity (Wildman–Crippen MR) is 259 cm³/mol. The van der Waals surface area contributed by atoms with Gasteiger partial charge < -0.3 is 29.8 Å². The number of hydrogen-bond donors (Lipinski definition) is 4. The number of amides is 1. The molecule has 366 valence electrons. The second kappa shape index (κ2) is 18.2. The Morgan fingerprint density at radius 2 is 1.75 bits per heavy atom. The van der Waals surface area contributed by atoms with Gasteiger partial charge in [0.1, 0.15) is 22.1 Å². The van der Waals surface area contributed by atoms with Gasteiger partial charge in [-0.05, 0) is 124 Å². The van der Waals surface area contributed by atoms with Crippen molar-refractivity contribution in [3.8, 4) is 17.4 Å². The molecular weight excluding hydrogens is 904 g/mol. The Kier molecular flexibility index (Phi) is 12.3. The Morgan fingerprint density at radius 1 is 1.00 bits per heavy atom. The van der Waals surface area contributed by atoms with Crippen LogP contribution in [0.15, 0.2) is 71.9 Å². The van der Waals surface area contributed by atoms with Gasteiger partial charge in [-0.1, -0.05) is 37.6 Å². The number of fused-ring (bicyclic) bond motifs is 1. The van der Waals surface area contributed by atoms with Crippen LogP contribution in [0.25, 0.3) is 11.0 Å². The van der Waals surface area contributed by atoms with Gasteiger partial charge >= 0.3 is 5.69 Å². The molecule has 16 nitrogen and oxygen atoms in total. The van der Waals surface area contributed by atoms with Gasteiger partial charge in [0.2, 0.25) is 5.82 Å². The number of sulfonamides is 1. The van der Waals surface area contributed by atoms with E-state index in [0.717, 1.165) is 63.2 Å². The summed E-state index contributed by atoms with van der Waals surface area (Å²) in [5.74, 6) is -1.05. The highest BCUT2D eigenvalue weighted by molar-refractivity contribution is 7.90. The molecule has 69 heavy (non-hydrogen) atoms. The largest absolute Gasteiger partial charge is 0.475 e. The van der Waals surface area contributed by atoms with Crippen LogP contribution in [-0.4, -0.2) is 95.2 Å². The van der Waals surface area contributed by atoms with E-state index in [4.69, 9.17) is 9.47 Å². The van der Waals surface area contributed by atoms with Gasteiger partial charge in [-0.3, -0.25) is 19.8 Å². The zero-order valence-corrected chi connectivity index (χ0v) is 40.2. The molecule has 2 saturated heterocycles. The Hall–Kier alpha value is -5.85. The standard InChI is InChI=1S/C51H61FN8O8S/c1-4-67-48-44(26-38-40(52)29-55-45(38)56-48)68-43-24-33(58-22-20-51(21-23-58)30-59(31-51)41-11-7-9-36(41)35-8-5-6-10-39(35)49(2)18-19-49)12-13-37(43)47(61)57-69(65,66)34-25-42(60(63)64)46(54-28-34)53-27-32-14-16-50(3,62)17-15-32/h5-6,8,10,12-13,24-26,28-29,32,36,41,62H,4,7,9,11,14-23,27,30-31H2,1-3H3,(H,53,54)(H,55,56)(H,57,61)/t32?,36-,41-,50?/m1/s1. The molecule has 5 aromatic rings. The van der Waals surface area contributed by atoms with Crippen LogP contribution >= 0.6 is 0 Å². The number of nitrogens with zero attached hydrogens (tertiary/aromatic N) is 5. The third-order valence-corrected chi connectivity index (χ3v) is 17.1. The molecule has 2 aromatic carbocycles. The summed E-state index contributed by atoms with van der Waals surface area (Å²) in [6.45, 7) is 10.1. The molecule has 2 aliphatic heterocycles. The highest BCUT2D eigenvalue weighted by Crippen LogP contribution is 2.54. The Balaban J connectivity index is 0.868. The number of carbonyl (C=O) groups excluding carboxylic acids is 1. The van der Waals surface area contributed by atoms with E-state index in [9.17, 15) is 32.8 Å². The van der Waals surface area contributed by atoms with Crippen LogP contribution in [0.4, 0.5) is 21.6 Å². The van der Waals surface area contributed by atoms with Crippen molar-refractivity contribution in [1.29, 1.82) is 0 Å². The third-order valence-electron chi connectivity index (χ3n) is 15.8. The molecule has 1 spiro atoms. The number of anilines is 2. The number of hydrogen-bond acceptors (Lipinski definition) is 13. The molecule has 5 heterocycles. The van der Waals surface area contributed by atoms with E-state index in [1.165, 1.54) is 44.2 Å². The number of aromatic amines is 1. The minimum Gasteiger partial charge on any atom is -0.475 e. The lowest BCUT2D eigenvalue weighted by molar-refractivity contribution is -0.384. The van der Waals surface area contributed by atoms with Crippen molar-refractivity contribution in [2.75, 3.05) is 49.5 Å². The number of nitrogens with one attached hydrogen (secondary N) is 3. The average molecular weight is 965 g/mol. The van der Waals surface area contributed by atoms with Crippen LogP contribution in [0, 0.1) is 27.3 Å². The van der Waals surface area contributed by atoms with Gasteiger partial charge in [0, 0.05) is 68.8 Å². The fourth-order valence-electron chi connectivity index (χ4n) is 11.4. The van der Waals surface area contributed by atoms with Crippen molar-refractivity contribution in [3.63, 3.8) is 0 Å². The number of carbonyl (C=O) groups is 1. The molecule has 10 rings (SSSR count). The first kappa shape index (κ1) is 46.9. The van der Waals surface area contributed by atoms with Crippen LogP contribution in [0.5, 0.6) is 17.4 Å². The van der Waals surface area contributed by atoms with Crippen LogP contribution < -0.4 is 24.4 Å². The maximum Gasteiger partial charge on any atom is 0.312 e. The van der Waals surface area contributed by atoms with Gasteiger partial charge in [0.05, 0.1) is 34.3 Å². The van der Waals surface area contributed by atoms with Crippen molar-refractivity contribution in [1.82, 2.24) is 24.6 Å². The number of rotatable bonds is 15. The molecule has 0 radical (unpaired) electrons. The van der Waals surface area contributed by atoms with E-state index < -0.39 is 42.9 Å². The molecule has 5 fully saturated rings. The summed E-state index contributed by atoms with van der Waals surface area (Å²) >= 11 is 0. The van der Waals surface area contributed by atoms with Crippen LogP contribution in [0.3, 0.4) is 0 Å². The van der Waals surface area contributed by atoms with Crippen molar-refractivity contribution in [3.05, 3.63) is 99.6 Å². The van der Waals surface area contributed by atoms with Gasteiger partial charge in [-0.2, -0.15) is 4.98 Å². The molecule has 3 aromatic heterocycles. The van der Waals surface area contributed by atoms with Crippen molar-refractivity contribution in [2.24, 2.45) is 11.3 Å². The Labute approximate surface area is 401 Å². The second-order valence-corrected chi connectivity index (χ2v) is 22.4. The molecular formula is C51H61FN8O8S. The summed E-state index contributed by atoms with van der Waals surface area (Å²) in [6.07, 6.45) is 12.9. The fraction of sp³-hybridized carbons (Fsp3) is 0.510. The minimum atomic E-state index is -4.72. The molecule has 18 heteroatoms. The van der Waals surface area contributed by atoms with E-state index in [0.29, 0.717) is 49.6 Å². The van der Waals surface area contributed by atoms with Crippen molar-refractivity contribution in [2.45, 2.75) is 119 Å². The van der Waals surface area contributed by atoms with Crippen LogP contribution in [0.2, 0.25) is 0 Å². The fourth-order valence-corrected chi connectivity index (χ4v) is 12.3. The summed E-state index contributed by atoms with van der Waals surface area (Å²) in [6, 6.07) is 16.9. The first-order valence-corrected chi connectivity index (χ1v) is 25.9. The number of piperidine rings is 1. The summed E-state index contributed by atoms with van der Waals surface area (Å²) in [5, 5.41) is 25.6. The predicted octanol–water partition coefficient (Wildman–Crippen LogP) is 8.96. The van der Waals surface area contributed by atoms with Gasteiger partial charge in [0.25, 0.3) is 21.8 Å². The zero-order chi connectivity index (χ0) is 48.3.